The normalized spacial score (nSPS) is 27.2. The fraction of sp³-hybridized carbons (Fsp3) is 0.875. The van der Waals surface area contributed by atoms with Gasteiger partial charge in [0.2, 0.25) is 5.91 Å². The molecule has 0 aromatic heterocycles. The van der Waals surface area contributed by atoms with E-state index in [-0.39, 0.29) is 17.9 Å². The van der Waals surface area contributed by atoms with Crippen molar-refractivity contribution in [2.45, 2.75) is 69.9 Å². The van der Waals surface area contributed by atoms with Gasteiger partial charge in [0.05, 0.1) is 5.92 Å². The van der Waals surface area contributed by atoms with E-state index in [4.69, 9.17) is 0 Å². The fourth-order valence-corrected chi connectivity index (χ4v) is 3.44. The van der Waals surface area contributed by atoms with E-state index in [0.717, 1.165) is 45.1 Å². The monoisotopic (exact) mass is 293 g/mol. The Morgan fingerprint density at radius 1 is 0.810 bits per heavy atom. The predicted molar refractivity (Wildman–Crippen MR) is 80.9 cm³/mol. The lowest BCUT2D eigenvalue weighted by Gasteiger charge is -2.33. The minimum atomic E-state index is -0.0226. The summed E-state index contributed by atoms with van der Waals surface area (Å²) in [6, 6.07) is 0.767. The van der Waals surface area contributed by atoms with E-state index in [1.807, 2.05) is 4.90 Å². The molecular formula is C16H27N3O2. The number of rotatable bonds is 3. The highest BCUT2D eigenvalue weighted by Gasteiger charge is 2.32. The highest BCUT2D eigenvalue weighted by molar-refractivity contribution is 5.81. The van der Waals surface area contributed by atoms with Crippen molar-refractivity contribution in [1.82, 2.24) is 15.5 Å². The van der Waals surface area contributed by atoms with Crippen LogP contribution < -0.4 is 10.6 Å². The molecule has 3 aliphatic rings. The van der Waals surface area contributed by atoms with Gasteiger partial charge in [0.25, 0.3) is 0 Å². The fourth-order valence-electron chi connectivity index (χ4n) is 3.44. The average Bonchev–Trinajstić information content (AvgIpc) is 3.32. The number of carbonyl (C=O) groups excluding carboxylic acids is 2. The van der Waals surface area contributed by atoms with Crippen LogP contribution >= 0.6 is 0 Å². The Kier molecular flexibility index (Phi) is 4.66. The zero-order valence-corrected chi connectivity index (χ0v) is 12.8. The van der Waals surface area contributed by atoms with E-state index in [2.05, 4.69) is 10.6 Å². The maximum Gasteiger partial charge on any atom is 0.317 e. The number of piperidine rings is 1. The molecule has 0 spiro atoms. The van der Waals surface area contributed by atoms with Crippen molar-refractivity contribution in [3.05, 3.63) is 0 Å². The minimum Gasteiger partial charge on any atom is -0.353 e. The molecule has 3 rings (SSSR count). The molecule has 2 N–H and O–H groups in total. The molecule has 0 bridgehead atoms. The molecule has 1 atom stereocenters. The molecule has 2 aliphatic carbocycles. The molecule has 21 heavy (non-hydrogen) atoms. The average molecular weight is 293 g/mol. The van der Waals surface area contributed by atoms with E-state index >= 15 is 0 Å². The number of carbonyl (C=O) groups is 2. The highest BCUT2D eigenvalue weighted by Crippen LogP contribution is 2.22. The molecule has 0 radical (unpaired) electrons. The molecule has 1 aliphatic heterocycles. The Morgan fingerprint density at radius 3 is 2.24 bits per heavy atom. The summed E-state index contributed by atoms with van der Waals surface area (Å²) in [4.78, 5) is 26.3. The molecule has 1 saturated heterocycles. The van der Waals surface area contributed by atoms with Gasteiger partial charge in [-0.15, -0.1) is 0 Å². The summed E-state index contributed by atoms with van der Waals surface area (Å²) in [6.07, 6.45) is 10.0. The molecule has 5 nitrogen and oxygen atoms in total. The Hall–Kier alpha value is -1.26. The summed E-state index contributed by atoms with van der Waals surface area (Å²) >= 11 is 0. The van der Waals surface area contributed by atoms with Gasteiger partial charge in [0.1, 0.15) is 0 Å². The number of urea groups is 1. The molecule has 5 heteroatoms. The van der Waals surface area contributed by atoms with Crippen molar-refractivity contribution < 1.29 is 9.59 Å². The lowest BCUT2D eigenvalue weighted by Crippen LogP contribution is -2.50. The number of likely N-dealkylation sites (tertiary alicyclic amines) is 1. The third-order valence-electron chi connectivity index (χ3n) is 4.94. The quantitative estimate of drug-likeness (QED) is 0.836. The molecule has 0 aromatic rings. The third-order valence-corrected chi connectivity index (χ3v) is 4.94. The van der Waals surface area contributed by atoms with Crippen molar-refractivity contribution in [2.24, 2.45) is 5.92 Å². The van der Waals surface area contributed by atoms with Gasteiger partial charge in [-0.3, -0.25) is 4.79 Å². The van der Waals surface area contributed by atoms with Crippen LogP contribution in [0.5, 0.6) is 0 Å². The molecule has 3 fully saturated rings. The second kappa shape index (κ2) is 6.67. The van der Waals surface area contributed by atoms with Crippen molar-refractivity contribution in [3.63, 3.8) is 0 Å². The van der Waals surface area contributed by atoms with E-state index in [1.54, 1.807) is 0 Å². The second-order valence-corrected chi connectivity index (χ2v) is 6.85. The molecule has 1 heterocycles. The van der Waals surface area contributed by atoms with Crippen LogP contribution in [0.2, 0.25) is 0 Å². The zero-order chi connectivity index (χ0) is 14.7. The second-order valence-electron chi connectivity index (χ2n) is 6.85. The first kappa shape index (κ1) is 14.7. The molecule has 118 valence electrons. The van der Waals surface area contributed by atoms with Gasteiger partial charge in [-0.05, 0) is 38.5 Å². The molecule has 0 aromatic carbocycles. The number of hydrogen-bond donors (Lipinski definition) is 2. The van der Waals surface area contributed by atoms with Crippen LogP contribution in [0.25, 0.3) is 0 Å². The smallest absolute Gasteiger partial charge is 0.317 e. The van der Waals surface area contributed by atoms with Gasteiger partial charge in [-0.25, -0.2) is 4.79 Å². The number of amides is 3. The van der Waals surface area contributed by atoms with E-state index in [1.165, 1.54) is 19.3 Å². The van der Waals surface area contributed by atoms with Crippen molar-refractivity contribution >= 4 is 11.9 Å². The number of nitrogens with zero attached hydrogens (tertiary/aromatic N) is 1. The van der Waals surface area contributed by atoms with Crippen LogP contribution in [0, 0.1) is 5.92 Å². The predicted octanol–water partition coefficient (Wildman–Crippen LogP) is 2.02. The number of nitrogens with one attached hydrogen (secondary N) is 2. The zero-order valence-electron chi connectivity index (χ0n) is 12.8. The first-order valence-corrected chi connectivity index (χ1v) is 8.58. The summed E-state index contributed by atoms with van der Waals surface area (Å²) in [5, 5.41) is 6.22. The van der Waals surface area contributed by atoms with Crippen molar-refractivity contribution in [1.29, 1.82) is 0 Å². The molecule has 3 amide bonds. The SMILES string of the molecule is O=C(NC1CCCCC1)[C@@H]1CCCN(C(=O)NC2CC2)C1. The standard InChI is InChI=1S/C16H27N3O2/c20-15(17-13-6-2-1-3-7-13)12-5-4-10-19(11-12)16(21)18-14-8-9-14/h12-14H,1-11H2,(H,17,20)(H,18,21)/t12-/m1/s1. The molecular weight excluding hydrogens is 266 g/mol. The Labute approximate surface area is 126 Å². The first-order chi connectivity index (χ1) is 10.2. The summed E-state index contributed by atoms with van der Waals surface area (Å²) in [5.41, 5.74) is 0. The Morgan fingerprint density at radius 2 is 1.52 bits per heavy atom. The van der Waals surface area contributed by atoms with Gasteiger partial charge < -0.3 is 15.5 Å². The van der Waals surface area contributed by atoms with Crippen LogP contribution in [0.4, 0.5) is 4.79 Å². The third kappa shape index (κ3) is 4.11. The van der Waals surface area contributed by atoms with Gasteiger partial charge in [0, 0.05) is 25.2 Å². The molecule has 2 saturated carbocycles. The van der Waals surface area contributed by atoms with Gasteiger partial charge >= 0.3 is 6.03 Å². The van der Waals surface area contributed by atoms with Crippen molar-refractivity contribution in [2.75, 3.05) is 13.1 Å². The summed E-state index contributed by atoms with van der Waals surface area (Å²) < 4.78 is 0. The van der Waals surface area contributed by atoms with E-state index in [9.17, 15) is 9.59 Å². The first-order valence-electron chi connectivity index (χ1n) is 8.58. The largest absolute Gasteiger partial charge is 0.353 e. The van der Waals surface area contributed by atoms with Gasteiger partial charge in [0.15, 0.2) is 0 Å². The van der Waals surface area contributed by atoms with Crippen molar-refractivity contribution in [3.8, 4) is 0 Å². The summed E-state index contributed by atoms with van der Waals surface area (Å²) in [6.45, 7) is 1.36. The van der Waals surface area contributed by atoms with E-state index in [0.29, 0.717) is 18.6 Å². The maximum absolute atomic E-state index is 12.4. The van der Waals surface area contributed by atoms with E-state index < -0.39 is 0 Å². The Bertz CT molecular complexity index is 389. The van der Waals surface area contributed by atoms with Crippen LogP contribution in [0.3, 0.4) is 0 Å². The lowest BCUT2D eigenvalue weighted by atomic mass is 9.93. The van der Waals surface area contributed by atoms with Crippen LogP contribution in [0.1, 0.15) is 57.8 Å². The minimum absolute atomic E-state index is 0.0210. The Balaban J connectivity index is 1.47. The summed E-state index contributed by atoms with van der Waals surface area (Å²) in [7, 11) is 0. The summed E-state index contributed by atoms with van der Waals surface area (Å²) in [5.74, 6) is 0.136. The number of hydrogen-bond acceptors (Lipinski definition) is 2. The lowest BCUT2D eigenvalue weighted by molar-refractivity contribution is -0.127. The molecule has 0 unspecified atom stereocenters. The van der Waals surface area contributed by atoms with Crippen LogP contribution in [-0.2, 0) is 4.79 Å². The van der Waals surface area contributed by atoms with Crippen LogP contribution in [0.15, 0.2) is 0 Å². The van der Waals surface area contributed by atoms with Crippen LogP contribution in [-0.4, -0.2) is 42.0 Å². The highest BCUT2D eigenvalue weighted by atomic mass is 16.2. The topological polar surface area (TPSA) is 61.4 Å². The van der Waals surface area contributed by atoms with Gasteiger partial charge in [-0.2, -0.15) is 0 Å². The van der Waals surface area contributed by atoms with Gasteiger partial charge in [-0.1, -0.05) is 19.3 Å². The maximum atomic E-state index is 12.4.